The number of methoxy groups -OCH3 is 1. The maximum Gasteiger partial charge on any atom is 0.333 e. The summed E-state index contributed by atoms with van der Waals surface area (Å²) in [6.45, 7) is 3.68. The summed E-state index contributed by atoms with van der Waals surface area (Å²) in [7, 11) is 1.40. The van der Waals surface area contributed by atoms with E-state index in [1.165, 1.54) is 45.1 Å². The Morgan fingerprint density at radius 2 is 1.68 bits per heavy atom. The number of nitrogens with zero attached hydrogens (tertiary/aromatic N) is 1. The lowest BCUT2D eigenvalue weighted by Gasteiger charge is -2.22. The lowest BCUT2D eigenvalue weighted by Crippen LogP contribution is -2.40. The van der Waals surface area contributed by atoms with Gasteiger partial charge >= 0.3 is 11.9 Å². The fraction of sp³-hybridized carbons (Fsp3) is 0.641. The maximum absolute atomic E-state index is 12.7. The number of aliphatic hydroxyl groups is 2. The average molecular weight is 747 g/mol. The number of benzene rings is 1. The monoisotopic (exact) mass is 746 g/mol. The first-order valence-corrected chi connectivity index (χ1v) is 18.8. The van der Waals surface area contributed by atoms with Gasteiger partial charge in [-0.1, -0.05) is 50.8 Å². The number of carbonyl (C=O) groups is 4. The number of nitrogens with one attached hydrogen (secondary N) is 1. The topological polar surface area (TPSA) is 201 Å². The minimum absolute atomic E-state index is 0.0744. The Balaban J connectivity index is 1.71. The number of rotatable bonds is 27. The van der Waals surface area contributed by atoms with E-state index in [-0.39, 0.29) is 54.7 Å². The number of unbranched alkanes of at least 4 members (excludes halogenated alkanes) is 6. The number of esters is 2. The number of ketones is 1. The predicted octanol–water partition coefficient (Wildman–Crippen LogP) is 5.83. The third-order valence-corrected chi connectivity index (χ3v) is 9.21. The van der Waals surface area contributed by atoms with Gasteiger partial charge in [0, 0.05) is 25.3 Å². The van der Waals surface area contributed by atoms with Crippen molar-refractivity contribution in [3.8, 4) is 11.5 Å². The molecule has 53 heavy (non-hydrogen) atoms. The number of hydrogen-bond acceptors (Lipinski definition) is 12. The van der Waals surface area contributed by atoms with E-state index in [0.29, 0.717) is 63.4 Å². The van der Waals surface area contributed by atoms with E-state index in [9.17, 15) is 39.5 Å². The summed E-state index contributed by atoms with van der Waals surface area (Å²) in [5, 5.41) is 33.0. The van der Waals surface area contributed by atoms with Crippen molar-refractivity contribution in [2.24, 2.45) is 11.8 Å². The fourth-order valence-electron chi connectivity index (χ4n) is 6.21. The first kappa shape index (κ1) is 44.9. The molecule has 0 aliphatic heterocycles. The summed E-state index contributed by atoms with van der Waals surface area (Å²) in [5.74, 6) is -1.24. The van der Waals surface area contributed by atoms with Crippen LogP contribution < -0.4 is 14.8 Å². The van der Waals surface area contributed by atoms with E-state index in [2.05, 4.69) is 17.1 Å². The molecule has 1 aromatic carbocycles. The van der Waals surface area contributed by atoms with Gasteiger partial charge in [0.1, 0.15) is 11.8 Å². The highest BCUT2D eigenvalue weighted by molar-refractivity contribution is 5.87. The number of ether oxygens (including phenoxy) is 3. The van der Waals surface area contributed by atoms with E-state index in [1.807, 2.05) is 12.2 Å². The van der Waals surface area contributed by atoms with Gasteiger partial charge in [-0.25, -0.2) is 9.59 Å². The molecule has 1 amide bonds. The fourth-order valence-corrected chi connectivity index (χ4v) is 6.21. The molecule has 0 aromatic heterocycles. The summed E-state index contributed by atoms with van der Waals surface area (Å²) < 4.78 is 15.8. The molecule has 1 saturated carbocycles. The molecule has 1 fully saturated rings. The van der Waals surface area contributed by atoms with Gasteiger partial charge in [0.2, 0.25) is 5.91 Å². The molecule has 14 heteroatoms. The second-order valence-electron chi connectivity index (χ2n) is 13.4. The highest BCUT2D eigenvalue weighted by Gasteiger charge is 2.40. The zero-order valence-corrected chi connectivity index (χ0v) is 31.4. The Morgan fingerprint density at radius 3 is 2.42 bits per heavy atom. The van der Waals surface area contributed by atoms with Gasteiger partial charge in [-0.3, -0.25) is 9.59 Å². The van der Waals surface area contributed by atoms with Crippen LogP contribution in [0.4, 0.5) is 0 Å². The lowest BCUT2D eigenvalue weighted by atomic mass is 9.86. The minimum atomic E-state index is -0.927. The largest absolute Gasteiger partial charge is 0.493 e. The van der Waals surface area contributed by atoms with Crippen molar-refractivity contribution < 1.29 is 53.5 Å². The normalized spacial score (nSPS) is 18.9. The molecule has 296 valence electrons. The number of Topliss-reactive ketones (excluding diaryl/α,β-unsaturated/α-hetero) is 1. The first-order chi connectivity index (χ1) is 25.4. The molecule has 1 unspecified atom stereocenters. The molecule has 1 aliphatic rings. The van der Waals surface area contributed by atoms with Crippen LogP contribution in [0.15, 0.2) is 36.4 Å². The minimum Gasteiger partial charge on any atom is -0.493 e. The van der Waals surface area contributed by atoms with Crippen molar-refractivity contribution in [2.75, 3.05) is 20.3 Å². The first-order valence-electron chi connectivity index (χ1n) is 18.8. The van der Waals surface area contributed by atoms with Crippen LogP contribution in [-0.4, -0.2) is 77.5 Å². The summed E-state index contributed by atoms with van der Waals surface area (Å²) in [5.41, 5.74) is 0.570. The van der Waals surface area contributed by atoms with Crippen molar-refractivity contribution in [2.45, 2.75) is 128 Å². The number of amides is 1. The molecule has 0 saturated heterocycles. The van der Waals surface area contributed by atoms with Gasteiger partial charge in [-0.15, -0.1) is 10.1 Å². The Labute approximate surface area is 312 Å². The van der Waals surface area contributed by atoms with E-state index >= 15 is 0 Å². The second-order valence-corrected chi connectivity index (χ2v) is 13.4. The van der Waals surface area contributed by atoms with Crippen molar-refractivity contribution in [3.05, 3.63) is 52.1 Å². The third-order valence-electron chi connectivity index (χ3n) is 9.21. The van der Waals surface area contributed by atoms with Crippen molar-refractivity contribution >= 4 is 29.7 Å². The zero-order valence-electron chi connectivity index (χ0n) is 31.4. The Hall–Kier alpha value is -4.30. The number of carbonyl (C=O) groups excluding carboxylic acids is 4. The van der Waals surface area contributed by atoms with Gasteiger partial charge in [0.25, 0.3) is 5.09 Å². The molecular formula is C39H58N2O12. The Bertz CT molecular complexity index is 1360. The summed E-state index contributed by atoms with van der Waals surface area (Å²) in [6, 6.07) is 3.74. The van der Waals surface area contributed by atoms with Crippen LogP contribution in [0.2, 0.25) is 0 Å². The van der Waals surface area contributed by atoms with Crippen LogP contribution in [0.25, 0.3) is 6.08 Å². The summed E-state index contributed by atoms with van der Waals surface area (Å²) >= 11 is 0. The molecule has 2 rings (SSSR count). The highest BCUT2D eigenvalue weighted by Crippen LogP contribution is 2.38. The number of allylic oxidation sites excluding steroid dienone is 2. The number of aliphatic hydroxyl groups excluding tert-OH is 2. The molecular weight excluding hydrogens is 688 g/mol. The second kappa shape index (κ2) is 25.6. The van der Waals surface area contributed by atoms with Crippen LogP contribution in [-0.2, 0) is 28.8 Å². The van der Waals surface area contributed by atoms with Crippen LogP contribution in [0.5, 0.6) is 11.5 Å². The van der Waals surface area contributed by atoms with E-state index in [0.717, 1.165) is 19.3 Å². The van der Waals surface area contributed by atoms with Gasteiger partial charge in [-0.05, 0) is 93.9 Å². The van der Waals surface area contributed by atoms with Gasteiger partial charge in [0.05, 0.1) is 32.5 Å². The van der Waals surface area contributed by atoms with Gasteiger partial charge in [-0.2, -0.15) is 0 Å². The Kier molecular flexibility index (Phi) is 21.7. The van der Waals surface area contributed by atoms with E-state index < -0.39 is 35.3 Å². The molecule has 1 aliphatic carbocycles. The smallest absolute Gasteiger partial charge is 0.333 e. The quantitative estimate of drug-likeness (QED) is 0.0185. The van der Waals surface area contributed by atoms with E-state index in [4.69, 9.17) is 14.2 Å². The molecule has 1 aromatic rings. The Morgan fingerprint density at radius 1 is 0.943 bits per heavy atom. The van der Waals surface area contributed by atoms with Crippen LogP contribution in [0, 0.1) is 22.0 Å². The zero-order chi connectivity index (χ0) is 39.0. The molecule has 0 spiro atoms. The standard InChI is InChI=1S/C39H58N2O12/c1-4-5-6-7-10-15-30(42)20-21-32-31(33(43)27-34(32)44)16-11-8-9-12-17-37(45)40-28(2)39(47)53-35-22-18-29(26-36(35)50-3)19-23-38(46)51-24-13-14-25-52-41(48)49/h8,11,18-19,22-23,26,28,31-34,43-44H,4-7,9-10,12-17,20-21,24-25,27H2,1-3H3,(H,40,45)/t28?,31-,32-,33+,34-/m1/s1. The van der Waals surface area contributed by atoms with Crippen molar-refractivity contribution in [1.29, 1.82) is 0 Å². The van der Waals surface area contributed by atoms with Crippen LogP contribution in [0.3, 0.4) is 0 Å². The third kappa shape index (κ3) is 18.3. The average Bonchev–Trinajstić information content (AvgIpc) is 3.39. The van der Waals surface area contributed by atoms with Gasteiger partial charge in [0.15, 0.2) is 11.5 Å². The van der Waals surface area contributed by atoms with Crippen LogP contribution >= 0.6 is 0 Å². The summed E-state index contributed by atoms with van der Waals surface area (Å²) in [4.78, 5) is 63.9. The molecule has 5 atom stereocenters. The predicted molar refractivity (Wildman–Crippen MR) is 197 cm³/mol. The molecule has 0 radical (unpaired) electrons. The van der Waals surface area contributed by atoms with Crippen molar-refractivity contribution in [1.82, 2.24) is 5.32 Å². The maximum atomic E-state index is 12.7. The molecule has 0 bridgehead atoms. The molecule has 3 N–H and O–H groups in total. The van der Waals surface area contributed by atoms with E-state index in [1.54, 1.807) is 12.1 Å². The highest BCUT2D eigenvalue weighted by atomic mass is 16.9. The number of hydrogen-bond donors (Lipinski definition) is 3. The summed E-state index contributed by atoms with van der Waals surface area (Å²) in [6.07, 6.45) is 15.5. The van der Waals surface area contributed by atoms with Gasteiger partial charge < -0.3 is 34.6 Å². The SMILES string of the molecule is CCCCCCCC(=O)CC[C@@H]1[C@@H](CC=CCCCC(=O)NC(C)C(=O)Oc2ccc(C=CC(=O)OCCCCO[N+](=O)[O-])cc2OC)[C@@H](O)C[C@H]1O. The van der Waals surface area contributed by atoms with Crippen molar-refractivity contribution in [3.63, 3.8) is 0 Å². The molecule has 14 nitrogen and oxygen atoms in total. The lowest BCUT2D eigenvalue weighted by molar-refractivity contribution is -0.757. The molecule has 0 heterocycles. The van der Waals surface area contributed by atoms with Crippen LogP contribution in [0.1, 0.15) is 116 Å².